The summed E-state index contributed by atoms with van der Waals surface area (Å²) in [5.41, 5.74) is 2.41. The van der Waals surface area contributed by atoms with Crippen molar-refractivity contribution in [2.24, 2.45) is 0 Å². The van der Waals surface area contributed by atoms with Crippen LogP contribution in [0.25, 0.3) is 21.8 Å². The van der Waals surface area contributed by atoms with Crippen LogP contribution in [0.15, 0.2) is 59.5 Å². The lowest BCUT2D eigenvalue weighted by Gasteiger charge is -2.16. The van der Waals surface area contributed by atoms with Gasteiger partial charge < -0.3 is 14.9 Å². The van der Waals surface area contributed by atoms with E-state index in [0.29, 0.717) is 23.1 Å². The van der Waals surface area contributed by atoms with E-state index in [2.05, 4.69) is 15.0 Å². The second-order valence-electron chi connectivity index (χ2n) is 6.32. The Morgan fingerprint density at radius 2 is 1.81 bits per heavy atom. The Morgan fingerprint density at radius 1 is 1.08 bits per heavy atom. The standard InChI is InChI=1S/C20H18N4O2/c1-24(12-18-22-17-9-5-3-7-15(17)20(26)23-18)19(25)10-13-11-21-16-8-4-2-6-14(13)16/h2-9,11,21H,10,12H2,1H3,(H,22,23,26). The quantitative estimate of drug-likeness (QED) is 0.596. The summed E-state index contributed by atoms with van der Waals surface area (Å²) < 4.78 is 0. The molecule has 2 heterocycles. The number of carbonyl (C=O) groups is 1. The predicted molar refractivity (Wildman–Crippen MR) is 101 cm³/mol. The van der Waals surface area contributed by atoms with Crippen LogP contribution in [0.5, 0.6) is 0 Å². The molecule has 2 N–H and O–H groups in total. The predicted octanol–water partition coefficient (Wildman–Crippen LogP) is 2.61. The molecule has 0 radical (unpaired) electrons. The van der Waals surface area contributed by atoms with Crippen molar-refractivity contribution in [2.75, 3.05) is 7.05 Å². The number of likely N-dealkylation sites (N-methyl/N-ethyl adjacent to an activating group) is 1. The average molecular weight is 346 g/mol. The van der Waals surface area contributed by atoms with Gasteiger partial charge in [0.25, 0.3) is 5.56 Å². The summed E-state index contributed by atoms with van der Waals surface area (Å²) in [5, 5.41) is 1.59. The summed E-state index contributed by atoms with van der Waals surface area (Å²) in [6, 6.07) is 15.1. The van der Waals surface area contributed by atoms with Gasteiger partial charge in [-0.15, -0.1) is 0 Å². The zero-order valence-corrected chi connectivity index (χ0v) is 14.3. The highest BCUT2D eigenvalue weighted by molar-refractivity contribution is 5.88. The molecule has 0 spiro atoms. The maximum atomic E-state index is 12.6. The van der Waals surface area contributed by atoms with Crippen LogP contribution in [-0.2, 0) is 17.8 Å². The van der Waals surface area contributed by atoms with Gasteiger partial charge in [-0.05, 0) is 23.8 Å². The molecule has 0 saturated heterocycles. The van der Waals surface area contributed by atoms with Crippen LogP contribution in [0.1, 0.15) is 11.4 Å². The Labute approximate surface area is 149 Å². The highest BCUT2D eigenvalue weighted by atomic mass is 16.2. The maximum absolute atomic E-state index is 12.6. The minimum absolute atomic E-state index is 0.0365. The molecule has 0 bridgehead atoms. The second-order valence-corrected chi connectivity index (χ2v) is 6.32. The van der Waals surface area contributed by atoms with Crippen molar-refractivity contribution in [1.82, 2.24) is 19.9 Å². The van der Waals surface area contributed by atoms with Gasteiger partial charge in [-0.2, -0.15) is 0 Å². The van der Waals surface area contributed by atoms with E-state index >= 15 is 0 Å². The number of aromatic nitrogens is 3. The summed E-state index contributed by atoms with van der Waals surface area (Å²) in [6.07, 6.45) is 2.16. The summed E-state index contributed by atoms with van der Waals surface area (Å²) >= 11 is 0. The molecule has 0 unspecified atom stereocenters. The van der Waals surface area contributed by atoms with Crippen LogP contribution in [0.4, 0.5) is 0 Å². The van der Waals surface area contributed by atoms with Crippen molar-refractivity contribution in [3.63, 3.8) is 0 Å². The van der Waals surface area contributed by atoms with Gasteiger partial charge in [-0.3, -0.25) is 9.59 Å². The van der Waals surface area contributed by atoms with Gasteiger partial charge in [0.15, 0.2) is 0 Å². The van der Waals surface area contributed by atoms with Crippen molar-refractivity contribution >= 4 is 27.7 Å². The van der Waals surface area contributed by atoms with Crippen LogP contribution < -0.4 is 5.56 Å². The van der Waals surface area contributed by atoms with Crippen LogP contribution in [-0.4, -0.2) is 32.8 Å². The summed E-state index contributed by atoms with van der Waals surface area (Å²) in [4.78, 5) is 36.7. The van der Waals surface area contributed by atoms with E-state index in [1.54, 1.807) is 30.1 Å². The first-order valence-electron chi connectivity index (χ1n) is 8.39. The van der Waals surface area contributed by atoms with Crippen molar-refractivity contribution in [3.05, 3.63) is 76.5 Å². The van der Waals surface area contributed by atoms with Crippen molar-refractivity contribution in [2.45, 2.75) is 13.0 Å². The average Bonchev–Trinajstić information content (AvgIpc) is 3.05. The Bertz CT molecular complexity index is 1160. The molecular weight excluding hydrogens is 328 g/mol. The van der Waals surface area contributed by atoms with E-state index in [1.807, 2.05) is 36.5 Å². The van der Waals surface area contributed by atoms with Gasteiger partial charge in [-0.25, -0.2) is 4.98 Å². The summed E-state index contributed by atoms with van der Waals surface area (Å²) in [7, 11) is 1.71. The number of rotatable bonds is 4. The molecule has 6 nitrogen and oxygen atoms in total. The number of H-pyrrole nitrogens is 2. The minimum atomic E-state index is -0.192. The topological polar surface area (TPSA) is 81.8 Å². The van der Waals surface area contributed by atoms with Crippen LogP contribution in [0, 0.1) is 0 Å². The molecule has 6 heteroatoms. The molecule has 0 aliphatic carbocycles. The molecule has 0 fully saturated rings. The third-order valence-electron chi connectivity index (χ3n) is 4.49. The lowest BCUT2D eigenvalue weighted by molar-refractivity contribution is -0.129. The fourth-order valence-corrected chi connectivity index (χ4v) is 3.10. The molecule has 4 aromatic rings. The Morgan fingerprint density at radius 3 is 2.65 bits per heavy atom. The molecule has 0 atom stereocenters. The van der Waals surface area contributed by atoms with Gasteiger partial charge in [0, 0.05) is 24.1 Å². The molecule has 0 saturated carbocycles. The Kier molecular flexibility index (Phi) is 4.01. The lowest BCUT2D eigenvalue weighted by atomic mass is 10.1. The number of hydrogen-bond acceptors (Lipinski definition) is 3. The molecule has 4 rings (SSSR count). The normalized spacial score (nSPS) is 11.1. The van der Waals surface area contributed by atoms with Crippen molar-refractivity contribution < 1.29 is 4.79 Å². The van der Waals surface area contributed by atoms with E-state index in [4.69, 9.17) is 0 Å². The number of hydrogen-bond donors (Lipinski definition) is 2. The number of carbonyl (C=O) groups excluding carboxylic acids is 1. The van der Waals surface area contributed by atoms with E-state index in [-0.39, 0.29) is 18.0 Å². The van der Waals surface area contributed by atoms with Gasteiger partial charge in [0.05, 0.1) is 23.9 Å². The number of benzene rings is 2. The lowest BCUT2D eigenvalue weighted by Crippen LogP contribution is -2.29. The van der Waals surface area contributed by atoms with E-state index < -0.39 is 0 Å². The number of nitrogens with zero attached hydrogens (tertiary/aromatic N) is 2. The summed E-state index contributed by atoms with van der Waals surface area (Å²) in [5.74, 6) is 0.439. The van der Waals surface area contributed by atoms with Crippen molar-refractivity contribution in [3.8, 4) is 0 Å². The zero-order chi connectivity index (χ0) is 18.1. The third kappa shape index (κ3) is 2.97. The van der Waals surface area contributed by atoms with Gasteiger partial charge >= 0.3 is 0 Å². The van der Waals surface area contributed by atoms with Gasteiger partial charge in [-0.1, -0.05) is 30.3 Å². The zero-order valence-electron chi connectivity index (χ0n) is 14.3. The SMILES string of the molecule is CN(Cc1nc2ccccc2c(=O)[nH]1)C(=O)Cc1c[nH]c2ccccc12. The number of para-hydroxylation sites is 2. The third-order valence-corrected chi connectivity index (χ3v) is 4.49. The fraction of sp³-hybridized carbons (Fsp3) is 0.150. The van der Waals surface area contributed by atoms with Crippen molar-refractivity contribution in [1.29, 1.82) is 0 Å². The van der Waals surface area contributed by atoms with Crippen LogP contribution in [0.3, 0.4) is 0 Å². The monoisotopic (exact) mass is 346 g/mol. The van der Waals surface area contributed by atoms with E-state index in [1.165, 1.54) is 0 Å². The molecule has 2 aromatic heterocycles. The molecule has 130 valence electrons. The highest BCUT2D eigenvalue weighted by Gasteiger charge is 2.14. The minimum Gasteiger partial charge on any atom is -0.361 e. The number of fused-ring (bicyclic) bond motifs is 2. The second kappa shape index (κ2) is 6.48. The highest BCUT2D eigenvalue weighted by Crippen LogP contribution is 2.18. The number of nitrogens with one attached hydrogen (secondary N) is 2. The smallest absolute Gasteiger partial charge is 0.258 e. The molecule has 26 heavy (non-hydrogen) atoms. The van der Waals surface area contributed by atoms with E-state index in [0.717, 1.165) is 16.5 Å². The van der Waals surface area contributed by atoms with E-state index in [9.17, 15) is 9.59 Å². The first-order chi connectivity index (χ1) is 12.6. The fourth-order valence-electron chi connectivity index (χ4n) is 3.10. The Balaban J connectivity index is 1.53. The number of amides is 1. The molecule has 0 aliphatic rings. The summed E-state index contributed by atoms with van der Waals surface area (Å²) in [6.45, 7) is 0.251. The maximum Gasteiger partial charge on any atom is 0.258 e. The molecule has 1 amide bonds. The van der Waals surface area contributed by atoms with Crippen LogP contribution in [0.2, 0.25) is 0 Å². The Hall–Kier alpha value is -3.41. The first-order valence-corrected chi connectivity index (χ1v) is 8.39. The number of aromatic amines is 2. The van der Waals surface area contributed by atoms with Crippen LogP contribution >= 0.6 is 0 Å². The first kappa shape index (κ1) is 16.1. The van der Waals surface area contributed by atoms with Gasteiger partial charge in [0.1, 0.15) is 5.82 Å². The molecule has 0 aliphatic heterocycles. The largest absolute Gasteiger partial charge is 0.361 e. The molecule has 2 aromatic carbocycles. The van der Waals surface area contributed by atoms with Gasteiger partial charge in [0.2, 0.25) is 5.91 Å². The molecular formula is C20H18N4O2.